The summed E-state index contributed by atoms with van der Waals surface area (Å²) in [7, 11) is 0. The number of aryl methyl sites for hydroxylation is 1. The molecule has 7 heteroatoms. The number of hydrogen-bond acceptors (Lipinski definition) is 5. The molecule has 4 rings (SSSR count). The normalized spacial score (nSPS) is 21.7. The van der Waals surface area contributed by atoms with Gasteiger partial charge >= 0.3 is 0 Å². The molecule has 2 aliphatic heterocycles. The molecule has 134 valence electrons. The van der Waals surface area contributed by atoms with E-state index in [9.17, 15) is 9.59 Å². The lowest BCUT2D eigenvalue weighted by molar-refractivity contribution is -0.121. The van der Waals surface area contributed by atoms with Gasteiger partial charge in [0.15, 0.2) is 0 Å². The maximum absolute atomic E-state index is 12.6. The summed E-state index contributed by atoms with van der Waals surface area (Å²) in [4.78, 5) is 39.2. The van der Waals surface area contributed by atoms with Crippen molar-refractivity contribution in [3.63, 3.8) is 0 Å². The molecule has 0 unspecified atom stereocenters. The highest BCUT2D eigenvalue weighted by Crippen LogP contribution is 2.39. The van der Waals surface area contributed by atoms with Crippen LogP contribution in [0.4, 0.5) is 0 Å². The van der Waals surface area contributed by atoms with E-state index in [-0.39, 0.29) is 23.3 Å². The van der Waals surface area contributed by atoms with Crippen LogP contribution in [0.25, 0.3) is 0 Å². The zero-order valence-corrected chi connectivity index (χ0v) is 14.7. The lowest BCUT2D eigenvalue weighted by Crippen LogP contribution is -2.52. The van der Waals surface area contributed by atoms with Crippen LogP contribution in [0.3, 0.4) is 0 Å². The summed E-state index contributed by atoms with van der Waals surface area (Å²) in [6.07, 6.45) is 8.85. The molecule has 0 saturated carbocycles. The van der Waals surface area contributed by atoms with Crippen molar-refractivity contribution < 1.29 is 9.59 Å². The third kappa shape index (κ3) is 3.05. The molecule has 0 bridgehead atoms. The van der Waals surface area contributed by atoms with Crippen molar-refractivity contribution in [1.82, 2.24) is 25.2 Å². The zero-order chi connectivity index (χ0) is 18.1. The molecule has 0 radical (unpaired) electrons. The topological polar surface area (TPSA) is 88.1 Å². The number of carbonyl (C=O) groups is 2. The number of nitrogens with zero attached hydrogens (tertiary/aromatic N) is 4. The second-order valence-electron chi connectivity index (χ2n) is 7.14. The Hall–Kier alpha value is -2.83. The summed E-state index contributed by atoms with van der Waals surface area (Å²) in [5, 5.41) is 3.20. The molecule has 2 aromatic heterocycles. The fraction of sp³-hybridized carbons (Fsp3) is 0.421. The number of amides is 2. The molecular weight excluding hydrogens is 330 g/mol. The Labute approximate surface area is 151 Å². The minimum atomic E-state index is -0.221. The molecule has 4 heterocycles. The van der Waals surface area contributed by atoms with Crippen LogP contribution in [-0.2, 0) is 4.79 Å². The van der Waals surface area contributed by atoms with Gasteiger partial charge in [0.1, 0.15) is 5.69 Å². The molecule has 7 nitrogen and oxygen atoms in total. The largest absolute Gasteiger partial charge is 0.350 e. The van der Waals surface area contributed by atoms with Gasteiger partial charge in [-0.05, 0) is 43.9 Å². The molecule has 2 amide bonds. The van der Waals surface area contributed by atoms with Gasteiger partial charge in [0, 0.05) is 37.2 Å². The van der Waals surface area contributed by atoms with Gasteiger partial charge < -0.3 is 10.2 Å². The van der Waals surface area contributed by atoms with Crippen molar-refractivity contribution in [1.29, 1.82) is 0 Å². The first-order valence-electron chi connectivity index (χ1n) is 8.86. The van der Waals surface area contributed by atoms with Crippen LogP contribution in [0.15, 0.2) is 36.9 Å². The molecule has 2 saturated heterocycles. The standard InChI is InChI=1S/C19H21N5O2/c1-13-11-22-16(12-21-13)18(26)24-8-4-19(5-9-24)10-15(17(25)23-19)14-2-6-20-7-3-14/h2-3,6-7,11-12,15H,4-5,8-10H2,1H3,(H,23,25)/t15-/m0/s1. The van der Waals surface area contributed by atoms with Crippen LogP contribution in [0.2, 0.25) is 0 Å². The smallest absolute Gasteiger partial charge is 0.274 e. The monoisotopic (exact) mass is 351 g/mol. The minimum absolute atomic E-state index is 0.0698. The van der Waals surface area contributed by atoms with E-state index in [2.05, 4.69) is 20.3 Å². The first kappa shape index (κ1) is 16.6. The number of likely N-dealkylation sites (tertiary alicyclic amines) is 1. The van der Waals surface area contributed by atoms with Crippen LogP contribution < -0.4 is 5.32 Å². The van der Waals surface area contributed by atoms with E-state index in [4.69, 9.17) is 0 Å². The number of carbonyl (C=O) groups excluding carboxylic acids is 2. The summed E-state index contributed by atoms with van der Waals surface area (Å²) in [6.45, 7) is 3.06. The Morgan fingerprint density at radius 1 is 1.19 bits per heavy atom. The summed E-state index contributed by atoms with van der Waals surface area (Å²) in [5.74, 6) is -0.161. The lowest BCUT2D eigenvalue weighted by Gasteiger charge is -2.39. The molecule has 1 atom stereocenters. The molecule has 2 aliphatic rings. The summed E-state index contributed by atoms with van der Waals surface area (Å²) in [6, 6.07) is 3.80. The maximum atomic E-state index is 12.6. The van der Waals surface area contributed by atoms with Crippen LogP contribution >= 0.6 is 0 Å². The quantitative estimate of drug-likeness (QED) is 0.885. The average Bonchev–Trinajstić information content (AvgIpc) is 2.99. The van der Waals surface area contributed by atoms with Crippen molar-refractivity contribution in [3.05, 3.63) is 53.9 Å². The lowest BCUT2D eigenvalue weighted by atomic mass is 9.82. The number of rotatable bonds is 2. The van der Waals surface area contributed by atoms with Gasteiger partial charge in [-0.3, -0.25) is 19.6 Å². The first-order chi connectivity index (χ1) is 12.6. The van der Waals surface area contributed by atoms with Gasteiger partial charge in [0.25, 0.3) is 5.91 Å². The Balaban J connectivity index is 1.43. The molecule has 2 aromatic rings. The number of hydrogen-bond donors (Lipinski definition) is 1. The number of pyridine rings is 1. The van der Waals surface area contributed by atoms with Crippen LogP contribution in [-0.4, -0.2) is 50.3 Å². The van der Waals surface area contributed by atoms with Gasteiger partial charge in [0.05, 0.1) is 17.8 Å². The van der Waals surface area contributed by atoms with Gasteiger partial charge in [0.2, 0.25) is 5.91 Å². The Morgan fingerprint density at radius 3 is 2.58 bits per heavy atom. The summed E-state index contributed by atoms with van der Waals surface area (Å²) >= 11 is 0. The van der Waals surface area contributed by atoms with Crippen LogP contribution in [0.5, 0.6) is 0 Å². The van der Waals surface area contributed by atoms with Crippen molar-refractivity contribution in [3.8, 4) is 0 Å². The van der Waals surface area contributed by atoms with E-state index >= 15 is 0 Å². The molecular formula is C19H21N5O2. The highest BCUT2D eigenvalue weighted by Gasteiger charge is 2.46. The molecule has 2 fully saturated rings. The Bertz CT molecular complexity index is 814. The van der Waals surface area contributed by atoms with Crippen LogP contribution in [0, 0.1) is 6.92 Å². The third-order valence-electron chi connectivity index (χ3n) is 5.42. The highest BCUT2D eigenvalue weighted by atomic mass is 16.2. The van der Waals surface area contributed by atoms with E-state index in [0.29, 0.717) is 18.8 Å². The number of piperidine rings is 1. The summed E-state index contributed by atoms with van der Waals surface area (Å²) < 4.78 is 0. The second-order valence-corrected chi connectivity index (χ2v) is 7.14. The fourth-order valence-electron chi connectivity index (χ4n) is 3.88. The van der Waals surface area contributed by atoms with Crippen molar-refractivity contribution in [2.24, 2.45) is 0 Å². The van der Waals surface area contributed by atoms with Gasteiger partial charge in [-0.1, -0.05) is 0 Å². The molecule has 0 aliphatic carbocycles. The Morgan fingerprint density at radius 2 is 1.92 bits per heavy atom. The van der Waals surface area contributed by atoms with E-state index in [1.54, 1.807) is 23.5 Å². The van der Waals surface area contributed by atoms with E-state index in [1.807, 2.05) is 19.1 Å². The Kier molecular flexibility index (Phi) is 4.14. The highest BCUT2D eigenvalue weighted by molar-refractivity contribution is 5.92. The molecule has 1 N–H and O–H groups in total. The summed E-state index contributed by atoms with van der Waals surface area (Å²) in [5.41, 5.74) is 1.94. The molecule has 0 aromatic carbocycles. The van der Waals surface area contributed by atoms with Crippen molar-refractivity contribution >= 4 is 11.8 Å². The number of aromatic nitrogens is 3. The molecule has 1 spiro atoms. The maximum Gasteiger partial charge on any atom is 0.274 e. The second kappa shape index (κ2) is 6.48. The number of nitrogens with one attached hydrogen (secondary N) is 1. The third-order valence-corrected chi connectivity index (χ3v) is 5.42. The van der Waals surface area contributed by atoms with Crippen LogP contribution in [0.1, 0.15) is 46.9 Å². The predicted molar refractivity (Wildman–Crippen MR) is 94.4 cm³/mol. The predicted octanol–water partition coefficient (Wildman–Crippen LogP) is 1.46. The minimum Gasteiger partial charge on any atom is -0.350 e. The first-order valence-corrected chi connectivity index (χ1v) is 8.86. The van der Waals surface area contributed by atoms with Crippen molar-refractivity contribution in [2.75, 3.05) is 13.1 Å². The van der Waals surface area contributed by atoms with Gasteiger partial charge in [-0.25, -0.2) is 4.98 Å². The van der Waals surface area contributed by atoms with E-state index < -0.39 is 0 Å². The van der Waals surface area contributed by atoms with Crippen molar-refractivity contribution in [2.45, 2.75) is 37.6 Å². The molecule has 26 heavy (non-hydrogen) atoms. The van der Waals surface area contributed by atoms with E-state index in [1.165, 1.54) is 6.20 Å². The van der Waals surface area contributed by atoms with Gasteiger partial charge in [-0.15, -0.1) is 0 Å². The average molecular weight is 351 g/mol. The SMILES string of the molecule is Cc1cnc(C(=O)N2CCC3(CC2)C[C@@H](c2ccncc2)C(=O)N3)cn1. The van der Waals surface area contributed by atoms with Gasteiger partial charge in [-0.2, -0.15) is 0 Å². The van der Waals surface area contributed by atoms with E-state index in [0.717, 1.165) is 30.5 Å². The fourth-order valence-corrected chi connectivity index (χ4v) is 3.88. The zero-order valence-electron chi connectivity index (χ0n) is 14.7.